The first-order chi connectivity index (χ1) is 12.3. The summed E-state index contributed by atoms with van der Waals surface area (Å²) in [5, 5.41) is 5.86. The molecule has 2 aromatic carbocycles. The van der Waals surface area contributed by atoms with Gasteiger partial charge in [-0.3, -0.25) is 9.59 Å². The third kappa shape index (κ3) is 6.36. The highest BCUT2D eigenvalue weighted by Crippen LogP contribution is 2.13. The molecule has 0 saturated heterocycles. The van der Waals surface area contributed by atoms with Crippen molar-refractivity contribution in [2.24, 2.45) is 5.92 Å². The van der Waals surface area contributed by atoms with E-state index in [1.807, 2.05) is 58.0 Å². The van der Waals surface area contributed by atoms with Gasteiger partial charge in [0.25, 0.3) is 0 Å². The molecular formula is C22H28N2O2. The maximum Gasteiger partial charge on any atom is 0.224 e. The first kappa shape index (κ1) is 19.7. The third-order valence-corrected chi connectivity index (χ3v) is 4.15. The van der Waals surface area contributed by atoms with Crippen molar-refractivity contribution in [3.05, 3.63) is 64.7 Å². The summed E-state index contributed by atoms with van der Waals surface area (Å²) < 4.78 is 0. The molecule has 0 fully saturated rings. The van der Waals surface area contributed by atoms with E-state index >= 15 is 0 Å². The second-order valence-electron chi connectivity index (χ2n) is 7.23. The van der Waals surface area contributed by atoms with Crippen LogP contribution in [0.15, 0.2) is 42.5 Å². The van der Waals surface area contributed by atoms with E-state index in [1.54, 1.807) is 0 Å². The van der Waals surface area contributed by atoms with Gasteiger partial charge in [0.05, 0.1) is 6.42 Å². The fourth-order valence-corrected chi connectivity index (χ4v) is 2.77. The highest BCUT2D eigenvalue weighted by atomic mass is 16.2. The van der Waals surface area contributed by atoms with Gasteiger partial charge in [-0.15, -0.1) is 0 Å². The molecular weight excluding hydrogens is 324 g/mol. The summed E-state index contributed by atoms with van der Waals surface area (Å²) >= 11 is 0. The Kier molecular flexibility index (Phi) is 6.96. The molecule has 2 amide bonds. The van der Waals surface area contributed by atoms with Gasteiger partial charge in [-0.25, -0.2) is 0 Å². The highest BCUT2D eigenvalue weighted by molar-refractivity contribution is 5.90. The van der Waals surface area contributed by atoms with Crippen molar-refractivity contribution in [2.45, 2.75) is 47.1 Å². The molecule has 0 aliphatic heterocycles. The summed E-state index contributed by atoms with van der Waals surface area (Å²) in [6, 6.07) is 13.7. The number of benzene rings is 2. The largest absolute Gasteiger partial charge is 0.352 e. The van der Waals surface area contributed by atoms with Crippen LogP contribution in [0.2, 0.25) is 0 Å². The highest BCUT2D eigenvalue weighted by Gasteiger charge is 2.08. The summed E-state index contributed by atoms with van der Waals surface area (Å²) in [4.78, 5) is 24.1. The quantitative estimate of drug-likeness (QED) is 0.786. The van der Waals surface area contributed by atoms with Crippen LogP contribution in [-0.2, 0) is 22.6 Å². The normalized spacial score (nSPS) is 10.7. The molecule has 4 heteroatoms. The molecule has 2 N–H and O–H groups in total. The zero-order valence-corrected chi connectivity index (χ0v) is 16.1. The lowest BCUT2D eigenvalue weighted by atomic mass is 10.0. The standard InChI is InChI=1S/C22H28N2O2/c1-15(2)10-22(26)24-20-7-5-6-18(12-20)14-23-21(25)13-19-11-16(3)8-9-17(19)4/h5-9,11-12,15H,10,13-14H2,1-4H3,(H,23,25)(H,24,26). The Hall–Kier alpha value is -2.62. The van der Waals surface area contributed by atoms with Gasteiger partial charge < -0.3 is 10.6 Å². The zero-order valence-electron chi connectivity index (χ0n) is 16.1. The SMILES string of the molecule is Cc1ccc(C)c(CC(=O)NCc2cccc(NC(=O)CC(C)C)c2)c1. The minimum Gasteiger partial charge on any atom is -0.352 e. The number of nitrogens with one attached hydrogen (secondary N) is 2. The van der Waals surface area contributed by atoms with Crippen LogP contribution in [0, 0.1) is 19.8 Å². The van der Waals surface area contributed by atoms with Crippen LogP contribution in [-0.4, -0.2) is 11.8 Å². The molecule has 0 saturated carbocycles. The monoisotopic (exact) mass is 352 g/mol. The van der Waals surface area contributed by atoms with Gasteiger partial charge in [-0.2, -0.15) is 0 Å². The summed E-state index contributed by atoms with van der Waals surface area (Å²) in [5.74, 6) is 0.326. The van der Waals surface area contributed by atoms with Crippen LogP contribution in [0.5, 0.6) is 0 Å². The van der Waals surface area contributed by atoms with E-state index < -0.39 is 0 Å². The molecule has 0 unspecified atom stereocenters. The van der Waals surface area contributed by atoms with Crippen LogP contribution >= 0.6 is 0 Å². The van der Waals surface area contributed by atoms with E-state index in [-0.39, 0.29) is 11.8 Å². The lowest BCUT2D eigenvalue weighted by Gasteiger charge is -2.11. The van der Waals surface area contributed by atoms with Crippen LogP contribution in [0.3, 0.4) is 0 Å². The molecule has 4 nitrogen and oxygen atoms in total. The zero-order chi connectivity index (χ0) is 19.1. The number of aryl methyl sites for hydroxylation is 2. The molecule has 26 heavy (non-hydrogen) atoms. The fourth-order valence-electron chi connectivity index (χ4n) is 2.77. The summed E-state index contributed by atoms with van der Waals surface area (Å²) in [6.45, 7) is 8.52. The second-order valence-corrected chi connectivity index (χ2v) is 7.23. The lowest BCUT2D eigenvalue weighted by Crippen LogP contribution is -2.25. The minimum atomic E-state index is -0.00653. The van der Waals surface area contributed by atoms with Gasteiger partial charge in [-0.05, 0) is 48.6 Å². The lowest BCUT2D eigenvalue weighted by molar-refractivity contribution is -0.120. The first-order valence-electron chi connectivity index (χ1n) is 9.05. The van der Waals surface area contributed by atoms with Crippen LogP contribution < -0.4 is 10.6 Å². The Bertz CT molecular complexity index is 781. The molecule has 0 aromatic heterocycles. The number of hydrogen-bond donors (Lipinski definition) is 2. The van der Waals surface area contributed by atoms with Gasteiger partial charge in [0.1, 0.15) is 0 Å². The minimum absolute atomic E-state index is 0.00653. The molecule has 2 rings (SSSR count). The topological polar surface area (TPSA) is 58.2 Å². The Balaban J connectivity index is 1.90. The van der Waals surface area contributed by atoms with Crippen molar-refractivity contribution in [3.8, 4) is 0 Å². The van der Waals surface area contributed by atoms with Gasteiger partial charge in [0, 0.05) is 18.7 Å². The molecule has 0 atom stereocenters. The van der Waals surface area contributed by atoms with E-state index in [1.165, 1.54) is 0 Å². The number of rotatable bonds is 7. The van der Waals surface area contributed by atoms with E-state index in [4.69, 9.17) is 0 Å². The van der Waals surface area contributed by atoms with Crippen molar-refractivity contribution in [1.82, 2.24) is 5.32 Å². The molecule has 0 radical (unpaired) electrons. The van der Waals surface area contributed by atoms with Gasteiger partial charge in [0.15, 0.2) is 0 Å². The molecule has 0 bridgehead atoms. The number of carbonyl (C=O) groups excluding carboxylic acids is 2. The average Bonchev–Trinajstić information content (AvgIpc) is 2.56. The van der Waals surface area contributed by atoms with E-state index in [2.05, 4.69) is 22.8 Å². The average molecular weight is 352 g/mol. The summed E-state index contributed by atoms with van der Waals surface area (Å²) in [7, 11) is 0. The maximum absolute atomic E-state index is 12.3. The van der Waals surface area contributed by atoms with E-state index in [9.17, 15) is 9.59 Å². The summed E-state index contributed by atoms with van der Waals surface area (Å²) in [6.07, 6.45) is 0.870. The van der Waals surface area contributed by atoms with Crippen molar-refractivity contribution in [3.63, 3.8) is 0 Å². The molecule has 2 aromatic rings. The fraction of sp³-hybridized carbons (Fsp3) is 0.364. The predicted molar refractivity (Wildman–Crippen MR) is 106 cm³/mol. The number of anilines is 1. The molecule has 138 valence electrons. The van der Waals surface area contributed by atoms with Crippen LogP contribution in [0.4, 0.5) is 5.69 Å². The van der Waals surface area contributed by atoms with Crippen LogP contribution in [0.1, 0.15) is 42.5 Å². The Morgan fingerprint density at radius 1 is 1.00 bits per heavy atom. The second kappa shape index (κ2) is 9.18. The summed E-state index contributed by atoms with van der Waals surface area (Å²) in [5.41, 5.74) is 5.06. The molecule has 0 heterocycles. The maximum atomic E-state index is 12.3. The smallest absolute Gasteiger partial charge is 0.224 e. The van der Waals surface area contributed by atoms with Crippen LogP contribution in [0.25, 0.3) is 0 Å². The molecule has 0 aliphatic carbocycles. The third-order valence-electron chi connectivity index (χ3n) is 4.15. The van der Waals surface area contributed by atoms with Crippen molar-refractivity contribution >= 4 is 17.5 Å². The predicted octanol–water partition coefficient (Wildman–Crippen LogP) is 4.15. The molecule has 0 spiro atoms. The Morgan fingerprint density at radius 2 is 1.77 bits per heavy atom. The van der Waals surface area contributed by atoms with Crippen molar-refractivity contribution < 1.29 is 9.59 Å². The van der Waals surface area contributed by atoms with E-state index in [0.717, 1.165) is 27.9 Å². The van der Waals surface area contributed by atoms with Gasteiger partial charge in [0.2, 0.25) is 11.8 Å². The first-order valence-corrected chi connectivity index (χ1v) is 9.05. The van der Waals surface area contributed by atoms with Crippen molar-refractivity contribution in [2.75, 3.05) is 5.32 Å². The van der Waals surface area contributed by atoms with Crippen molar-refractivity contribution in [1.29, 1.82) is 0 Å². The Labute approximate surface area is 156 Å². The number of carbonyl (C=O) groups is 2. The number of hydrogen-bond acceptors (Lipinski definition) is 2. The van der Waals surface area contributed by atoms with Gasteiger partial charge in [-0.1, -0.05) is 49.7 Å². The van der Waals surface area contributed by atoms with Gasteiger partial charge >= 0.3 is 0 Å². The van der Waals surface area contributed by atoms with E-state index in [0.29, 0.717) is 25.3 Å². The Morgan fingerprint density at radius 3 is 2.50 bits per heavy atom. The molecule has 0 aliphatic rings. The number of amides is 2.